The Labute approximate surface area is 122 Å². The van der Waals surface area contributed by atoms with Gasteiger partial charge in [-0.15, -0.1) is 0 Å². The standard InChI is InChI=1S/C13H15N3O4S/c1-21(19,20)11-4-2-10(3-5-11)14-6-7-16-8-12(13(17)18)15-9-16/h2-5,8-9,14H,6-7H2,1H3,(H,17,18). The molecule has 2 aromatic rings. The predicted octanol–water partition coefficient (Wildman–Crippen LogP) is 1.10. The Morgan fingerprint density at radius 3 is 2.52 bits per heavy atom. The Hall–Kier alpha value is -2.35. The van der Waals surface area contributed by atoms with Crippen molar-refractivity contribution >= 4 is 21.5 Å². The number of hydrogen-bond acceptors (Lipinski definition) is 5. The quantitative estimate of drug-likeness (QED) is 0.828. The number of carboxylic acids is 1. The zero-order valence-electron chi connectivity index (χ0n) is 11.4. The fraction of sp³-hybridized carbons (Fsp3) is 0.231. The number of imidazole rings is 1. The third-order valence-corrected chi connectivity index (χ3v) is 3.96. The van der Waals surface area contributed by atoms with Gasteiger partial charge in [-0.25, -0.2) is 18.2 Å². The largest absolute Gasteiger partial charge is 0.476 e. The van der Waals surface area contributed by atoms with Crippen LogP contribution < -0.4 is 5.32 Å². The minimum atomic E-state index is -3.18. The molecule has 0 aliphatic heterocycles. The number of aromatic nitrogens is 2. The Kier molecular flexibility index (Phi) is 4.27. The van der Waals surface area contributed by atoms with E-state index in [1.54, 1.807) is 16.7 Å². The fourth-order valence-electron chi connectivity index (χ4n) is 1.74. The van der Waals surface area contributed by atoms with Crippen molar-refractivity contribution in [2.45, 2.75) is 11.4 Å². The number of sulfone groups is 1. The third kappa shape index (κ3) is 4.06. The molecule has 0 atom stereocenters. The van der Waals surface area contributed by atoms with Crippen molar-refractivity contribution in [1.82, 2.24) is 9.55 Å². The number of rotatable bonds is 6. The number of anilines is 1. The summed E-state index contributed by atoms with van der Waals surface area (Å²) in [5, 5.41) is 11.9. The molecule has 0 amide bonds. The van der Waals surface area contributed by atoms with Gasteiger partial charge in [0.1, 0.15) is 0 Å². The number of aromatic carboxylic acids is 1. The second-order valence-corrected chi connectivity index (χ2v) is 6.54. The molecule has 0 fully saturated rings. The molecule has 0 bridgehead atoms. The molecule has 8 heteroatoms. The van der Waals surface area contributed by atoms with E-state index in [-0.39, 0.29) is 10.6 Å². The maximum Gasteiger partial charge on any atom is 0.356 e. The molecule has 1 aromatic carbocycles. The number of nitrogens with zero attached hydrogens (tertiary/aromatic N) is 2. The number of benzene rings is 1. The van der Waals surface area contributed by atoms with Gasteiger partial charge in [0.05, 0.1) is 11.2 Å². The molecule has 2 N–H and O–H groups in total. The summed E-state index contributed by atoms with van der Waals surface area (Å²) >= 11 is 0. The first kappa shape index (κ1) is 15.0. The Bertz CT molecular complexity index is 735. The van der Waals surface area contributed by atoms with Gasteiger partial charge < -0.3 is 15.0 Å². The van der Waals surface area contributed by atoms with E-state index in [0.29, 0.717) is 13.1 Å². The zero-order valence-corrected chi connectivity index (χ0v) is 12.2. The molecule has 0 saturated carbocycles. The van der Waals surface area contributed by atoms with Crippen LogP contribution in [0.5, 0.6) is 0 Å². The molecule has 21 heavy (non-hydrogen) atoms. The van der Waals surface area contributed by atoms with Gasteiger partial charge in [-0.1, -0.05) is 0 Å². The van der Waals surface area contributed by atoms with Crippen LogP contribution in [0.15, 0.2) is 41.7 Å². The average molecular weight is 309 g/mol. The lowest BCUT2D eigenvalue weighted by atomic mass is 10.3. The maximum absolute atomic E-state index is 11.3. The van der Waals surface area contributed by atoms with Crippen LogP contribution in [0.25, 0.3) is 0 Å². The molecule has 0 radical (unpaired) electrons. The molecule has 112 valence electrons. The van der Waals surface area contributed by atoms with E-state index in [2.05, 4.69) is 10.3 Å². The molecule has 0 spiro atoms. The van der Waals surface area contributed by atoms with E-state index in [4.69, 9.17) is 5.11 Å². The first-order chi connectivity index (χ1) is 9.86. The van der Waals surface area contributed by atoms with E-state index in [0.717, 1.165) is 11.9 Å². The van der Waals surface area contributed by atoms with Crippen LogP contribution in [0, 0.1) is 0 Å². The summed E-state index contributed by atoms with van der Waals surface area (Å²) in [6, 6.07) is 6.45. The highest BCUT2D eigenvalue weighted by molar-refractivity contribution is 7.90. The van der Waals surface area contributed by atoms with Gasteiger partial charge in [-0.05, 0) is 24.3 Å². The maximum atomic E-state index is 11.3. The number of hydrogen-bond donors (Lipinski definition) is 2. The second-order valence-electron chi connectivity index (χ2n) is 4.53. The highest BCUT2D eigenvalue weighted by Crippen LogP contribution is 2.13. The number of nitrogens with one attached hydrogen (secondary N) is 1. The van der Waals surface area contributed by atoms with Crippen LogP contribution in [-0.2, 0) is 16.4 Å². The summed E-state index contributed by atoms with van der Waals surface area (Å²) in [6.07, 6.45) is 4.07. The summed E-state index contributed by atoms with van der Waals surface area (Å²) < 4.78 is 24.3. The first-order valence-corrected chi connectivity index (χ1v) is 8.04. The van der Waals surface area contributed by atoms with Gasteiger partial charge in [-0.2, -0.15) is 0 Å². The van der Waals surface area contributed by atoms with Crippen molar-refractivity contribution in [2.24, 2.45) is 0 Å². The molecule has 0 aliphatic carbocycles. The molecular weight excluding hydrogens is 294 g/mol. The summed E-state index contributed by atoms with van der Waals surface area (Å²) in [5.41, 5.74) is 0.800. The van der Waals surface area contributed by atoms with Gasteiger partial charge in [0.25, 0.3) is 0 Å². The highest BCUT2D eigenvalue weighted by Gasteiger charge is 2.07. The number of carboxylic acid groups (broad SMARTS) is 1. The van der Waals surface area contributed by atoms with Gasteiger partial charge >= 0.3 is 5.97 Å². The summed E-state index contributed by atoms with van der Waals surface area (Å²) in [6.45, 7) is 1.11. The monoisotopic (exact) mass is 309 g/mol. The van der Waals surface area contributed by atoms with Crippen molar-refractivity contribution in [3.63, 3.8) is 0 Å². The van der Waals surface area contributed by atoms with Crippen molar-refractivity contribution in [2.75, 3.05) is 18.1 Å². The van der Waals surface area contributed by atoms with Gasteiger partial charge in [0.15, 0.2) is 15.5 Å². The molecule has 0 aliphatic rings. The molecule has 1 aromatic heterocycles. The van der Waals surface area contributed by atoms with Gasteiger partial charge in [0.2, 0.25) is 0 Å². The minimum absolute atomic E-state index is 0.00695. The van der Waals surface area contributed by atoms with Crippen LogP contribution in [0.1, 0.15) is 10.5 Å². The molecule has 0 saturated heterocycles. The Balaban J connectivity index is 1.89. The van der Waals surface area contributed by atoms with E-state index < -0.39 is 15.8 Å². The van der Waals surface area contributed by atoms with E-state index in [1.165, 1.54) is 24.7 Å². The van der Waals surface area contributed by atoms with Crippen molar-refractivity contribution in [3.05, 3.63) is 42.5 Å². The Morgan fingerprint density at radius 2 is 2.00 bits per heavy atom. The smallest absolute Gasteiger partial charge is 0.356 e. The average Bonchev–Trinajstić information content (AvgIpc) is 2.87. The molecular formula is C13H15N3O4S. The van der Waals surface area contributed by atoms with Crippen LogP contribution >= 0.6 is 0 Å². The third-order valence-electron chi connectivity index (χ3n) is 2.83. The van der Waals surface area contributed by atoms with Crippen LogP contribution in [0.3, 0.4) is 0 Å². The normalized spacial score (nSPS) is 11.3. The molecule has 0 unspecified atom stereocenters. The molecule has 1 heterocycles. The van der Waals surface area contributed by atoms with Crippen LogP contribution in [-0.4, -0.2) is 41.8 Å². The summed E-state index contributed by atoms with van der Waals surface area (Å²) in [4.78, 5) is 14.7. The predicted molar refractivity (Wildman–Crippen MR) is 77.2 cm³/mol. The van der Waals surface area contributed by atoms with E-state index in [1.807, 2.05) is 0 Å². The molecule has 2 rings (SSSR count). The van der Waals surface area contributed by atoms with E-state index in [9.17, 15) is 13.2 Å². The molecule has 7 nitrogen and oxygen atoms in total. The topological polar surface area (TPSA) is 101 Å². The van der Waals surface area contributed by atoms with E-state index >= 15 is 0 Å². The van der Waals surface area contributed by atoms with Gasteiger partial charge in [0, 0.05) is 31.2 Å². The lowest BCUT2D eigenvalue weighted by molar-refractivity contribution is 0.0691. The second kappa shape index (κ2) is 5.96. The lowest BCUT2D eigenvalue weighted by Gasteiger charge is -2.07. The van der Waals surface area contributed by atoms with Crippen molar-refractivity contribution in [1.29, 1.82) is 0 Å². The zero-order chi connectivity index (χ0) is 15.5. The SMILES string of the molecule is CS(=O)(=O)c1ccc(NCCn2cnc(C(=O)O)c2)cc1. The van der Waals surface area contributed by atoms with Gasteiger partial charge in [-0.3, -0.25) is 0 Å². The lowest BCUT2D eigenvalue weighted by Crippen LogP contribution is -2.09. The van der Waals surface area contributed by atoms with Crippen LogP contribution in [0.2, 0.25) is 0 Å². The summed E-state index contributed by atoms with van der Waals surface area (Å²) in [7, 11) is -3.18. The fourth-order valence-corrected chi connectivity index (χ4v) is 2.37. The number of carbonyl (C=O) groups is 1. The van der Waals surface area contributed by atoms with Crippen molar-refractivity contribution in [3.8, 4) is 0 Å². The Morgan fingerprint density at radius 1 is 1.33 bits per heavy atom. The van der Waals surface area contributed by atoms with Crippen molar-refractivity contribution < 1.29 is 18.3 Å². The van der Waals surface area contributed by atoms with Crippen LogP contribution in [0.4, 0.5) is 5.69 Å². The minimum Gasteiger partial charge on any atom is -0.476 e. The highest BCUT2D eigenvalue weighted by atomic mass is 32.2. The summed E-state index contributed by atoms with van der Waals surface area (Å²) in [5.74, 6) is -1.06. The first-order valence-electron chi connectivity index (χ1n) is 6.15.